The molecular weight excluding hydrogens is 274 g/mol. The van der Waals surface area contributed by atoms with Crippen molar-refractivity contribution >= 4 is 10.2 Å². The van der Waals surface area contributed by atoms with Gasteiger partial charge in [0.1, 0.15) is 0 Å². The topological polar surface area (TPSA) is 52.7 Å². The van der Waals surface area contributed by atoms with Gasteiger partial charge in [0.15, 0.2) is 0 Å². The van der Waals surface area contributed by atoms with Crippen LogP contribution >= 0.6 is 0 Å². The molecule has 0 amide bonds. The molecule has 2 rings (SSSR count). The molecule has 2 fully saturated rings. The molecule has 1 N–H and O–H groups in total. The number of nitrogens with one attached hydrogen (secondary N) is 1. The third kappa shape index (κ3) is 4.16. The number of nitrogens with zero attached hydrogens (tertiary/aromatic N) is 2. The van der Waals surface area contributed by atoms with Gasteiger partial charge in [0.05, 0.1) is 0 Å². The van der Waals surface area contributed by atoms with E-state index in [1.165, 1.54) is 0 Å². The minimum atomic E-state index is -3.21. The van der Waals surface area contributed by atoms with Crippen LogP contribution in [0, 0.1) is 0 Å². The highest BCUT2D eigenvalue weighted by Crippen LogP contribution is 2.20. The van der Waals surface area contributed by atoms with E-state index in [9.17, 15) is 8.42 Å². The first-order chi connectivity index (χ1) is 9.64. The number of piperidine rings is 1. The highest BCUT2D eigenvalue weighted by atomic mass is 32.2. The zero-order valence-corrected chi connectivity index (χ0v) is 13.5. The maximum atomic E-state index is 12.6. The van der Waals surface area contributed by atoms with Crippen molar-refractivity contribution in [1.29, 1.82) is 0 Å². The molecule has 0 atom stereocenters. The zero-order chi connectivity index (χ0) is 14.4. The Hall–Kier alpha value is -0.170. The molecule has 0 aromatic rings. The van der Waals surface area contributed by atoms with Crippen LogP contribution in [0.1, 0.15) is 51.9 Å². The number of hydrogen-bond donors (Lipinski definition) is 1. The molecule has 2 aliphatic rings. The van der Waals surface area contributed by atoms with Crippen molar-refractivity contribution in [3.63, 3.8) is 0 Å². The van der Waals surface area contributed by atoms with Crippen LogP contribution in [0.2, 0.25) is 0 Å². The Bertz CT molecular complexity index is 370. The van der Waals surface area contributed by atoms with Gasteiger partial charge in [-0.05, 0) is 38.6 Å². The van der Waals surface area contributed by atoms with Gasteiger partial charge in [-0.2, -0.15) is 17.0 Å². The van der Waals surface area contributed by atoms with E-state index in [0.29, 0.717) is 32.2 Å². The highest BCUT2D eigenvalue weighted by Gasteiger charge is 2.32. The molecule has 0 unspecified atom stereocenters. The third-order valence-electron chi connectivity index (χ3n) is 4.35. The first-order valence-corrected chi connectivity index (χ1v) is 9.53. The van der Waals surface area contributed by atoms with Gasteiger partial charge in [-0.3, -0.25) is 0 Å². The van der Waals surface area contributed by atoms with Crippen molar-refractivity contribution in [2.75, 3.05) is 32.7 Å². The minimum Gasteiger partial charge on any atom is -0.314 e. The van der Waals surface area contributed by atoms with Crippen molar-refractivity contribution in [1.82, 2.24) is 13.9 Å². The summed E-state index contributed by atoms with van der Waals surface area (Å²) in [5, 5.41) is 3.50. The maximum absolute atomic E-state index is 12.6. The summed E-state index contributed by atoms with van der Waals surface area (Å²) in [6.07, 6.45) is 7.35. The fourth-order valence-corrected chi connectivity index (χ4v) is 4.79. The molecule has 20 heavy (non-hydrogen) atoms. The smallest absolute Gasteiger partial charge is 0.281 e. The van der Waals surface area contributed by atoms with Crippen molar-refractivity contribution < 1.29 is 8.42 Å². The van der Waals surface area contributed by atoms with Gasteiger partial charge in [-0.15, -0.1) is 0 Å². The van der Waals surface area contributed by atoms with E-state index in [-0.39, 0.29) is 0 Å². The highest BCUT2D eigenvalue weighted by molar-refractivity contribution is 7.86. The van der Waals surface area contributed by atoms with Crippen LogP contribution in [0.5, 0.6) is 0 Å². The lowest BCUT2D eigenvalue weighted by Gasteiger charge is -2.35. The SMILES string of the molecule is CCCNC1CCN(S(=O)(=O)N2CCCCCC2)CC1. The second-order valence-corrected chi connectivity index (χ2v) is 7.88. The molecule has 118 valence electrons. The van der Waals surface area contributed by atoms with Crippen LogP contribution < -0.4 is 5.32 Å². The van der Waals surface area contributed by atoms with Crippen molar-refractivity contribution in [3.8, 4) is 0 Å². The Labute approximate surface area is 123 Å². The van der Waals surface area contributed by atoms with E-state index < -0.39 is 10.2 Å². The summed E-state index contributed by atoms with van der Waals surface area (Å²) in [6, 6.07) is 0.491. The molecule has 0 aromatic carbocycles. The average molecular weight is 303 g/mol. The largest absolute Gasteiger partial charge is 0.314 e. The molecule has 2 aliphatic heterocycles. The monoisotopic (exact) mass is 303 g/mol. The Morgan fingerprint density at radius 2 is 1.50 bits per heavy atom. The third-order valence-corrected chi connectivity index (χ3v) is 6.39. The normalized spacial score (nSPS) is 24.6. The quantitative estimate of drug-likeness (QED) is 0.839. The first-order valence-electron chi connectivity index (χ1n) is 8.13. The van der Waals surface area contributed by atoms with Crippen molar-refractivity contribution in [2.45, 2.75) is 57.9 Å². The van der Waals surface area contributed by atoms with Gasteiger partial charge >= 0.3 is 0 Å². The van der Waals surface area contributed by atoms with E-state index in [2.05, 4.69) is 12.2 Å². The molecule has 0 aliphatic carbocycles. The predicted molar refractivity (Wildman–Crippen MR) is 81.8 cm³/mol. The molecule has 0 radical (unpaired) electrons. The Balaban J connectivity index is 1.87. The molecule has 0 saturated carbocycles. The Morgan fingerprint density at radius 3 is 2.05 bits per heavy atom. The lowest BCUT2D eigenvalue weighted by atomic mass is 10.1. The van der Waals surface area contributed by atoms with Crippen LogP contribution in [-0.4, -0.2) is 55.8 Å². The fourth-order valence-electron chi connectivity index (χ4n) is 3.07. The van der Waals surface area contributed by atoms with Gasteiger partial charge in [0, 0.05) is 32.2 Å². The molecule has 2 saturated heterocycles. The van der Waals surface area contributed by atoms with Crippen LogP contribution in [0.4, 0.5) is 0 Å². The molecule has 0 spiro atoms. The summed E-state index contributed by atoms with van der Waals surface area (Å²) in [5.74, 6) is 0. The van der Waals surface area contributed by atoms with Crippen LogP contribution in [0.25, 0.3) is 0 Å². The summed E-state index contributed by atoms with van der Waals surface area (Å²) >= 11 is 0. The predicted octanol–water partition coefficient (Wildman–Crippen LogP) is 1.57. The second-order valence-electron chi connectivity index (χ2n) is 5.95. The van der Waals surface area contributed by atoms with Crippen LogP contribution in [0.3, 0.4) is 0 Å². The van der Waals surface area contributed by atoms with Gasteiger partial charge in [0.25, 0.3) is 10.2 Å². The van der Waals surface area contributed by atoms with Crippen LogP contribution in [-0.2, 0) is 10.2 Å². The van der Waals surface area contributed by atoms with Gasteiger partial charge < -0.3 is 5.32 Å². The summed E-state index contributed by atoms with van der Waals surface area (Å²) in [6.45, 7) is 5.93. The first kappa shape index (κ1) is 16.2. The lowest BCUT2D eigenvalue weighted by molar-refractivity contribution is 0.268. The van der Waals surface area contributed by atoms with E-state index in [1.807, 2.05) is 0 Å². The van der Waals surface area contributed by atoms with Crippen molar-refractivity contribution in [2.24, 2.45) is 0 Å². The van der Waals surface area contributed by atoms with E-state index >= 15 is 0 Å². The standard InChI is InChI=1S/C14H29N3O2S/c1-2-9-15-14-7-12-17(13-8-14)20(18,19)16-10-5-3-4-6-11-16/h14-15H,2-13H2,1H3. The molecule has 0 aromatic heterocycles. The summed E-state index contributed by atoms with van der Waals surface area (Å²) in [5.41, 5.74) is 0. The Morgan fingerprint density at radius 1 is 0.950 bits per heavy atom. The lowest BCUT2D eigenvalue weighted by Crippen LogP contribution is -2.50. The molecule has 5 nitrogen and oxygen atoms in total. The van der Waals surface area contributed by atoms with Gasteiger partial charge in [0.2, 0.25) is 0 Å². The summed E-state index contributed by atoms with van der Waals surface area (Å²) < 4.78 is 28.7. The fraction of sp³-hybridized carbons (Fsp3) is 1.00. The molecule has 0 bridgehead atoms. The van der Waals surface area contributed by atoms with E-state index in [0.717, 1.165) is 51.5 Å². The maximum Gasteiger partial charge on any atom is 0.281 e. The van der Waals surface area contributed by atoms with Gasteiger partial charge in [-0.25, -0.2) is 0 Å². The summed E-state index contributed by atoms with van der Waals surface area (Å²) in [7, 11) is -3.21. The summed E-state index contributed by atoms with van der Waals surface area (Å²) in [4.78, 5) is 0. The second kappa shape index (κ2) is 7.73. The molecule has 6 heteroatoms. The number of rotatable bonds is 5. The van der Waals surface area contributed by atoms with Crippen molar-refractivity contribution in [3.05, 3.63) is 0 Å². The van der Waals surface area contributed by atoms with E-state index in [4.69, 9.17) is 0 Å². The van der Waals surface area contributed by atoms with E-state index in [1.54, 1.807) is 8.61 Å². The minimum absolute atomic E-state index is 0.491. The molecular formula is C14H29N3O2S. The Kier molecular flexibility index (Phi) is 6.26. The average Bonchev–Trinajstić information content (AvgIpc) is 2.75. The number of hydrogen-bond acceptors (Lipinski definition) is 3. The molecule has 2 heterocycles. The van der Waals surface area contributed by atoms with Crippen LogP contribution in [0.15, 0.2) is 0 Å². The zero-order valence-electron chi connectivity index (χ0n) is 12.7. The van der Waals surface area contributed by atoms with Gasteiger partial charge in [-0.1, -0.05) is 19.8 Å².